The summed E-state index contributed by atoms with van der Waals surface area (Å²) >= 11 is 7.18. The van der Waals surface area contributed by atoms with E-state index in [1.165, 1.54) is 31.0 Å². The number of methoxy groups -OCH3 is 1. The highest BCUT2D eigenvalue weighted by molar-refractivity contribution is 7.99. The lowest BCUT2D eigenvalue weighted by Crippen LogP contribution is -2.15. The molecule has 0 saturated heterocycles. The van der Waals surface area contributed by atoms with Gasteiger partial charge in [-0.3, -0.25) is 4.79 Å². The molecule has 2 heterocycles. The largest absolute Gasteiger partial charge is 0.495 e. The number of carbonyl (C=O) groups is 1. The van der Waals surface area contributed by atoms with Gasteiger partial charge in [-0.15, -0.1) is 10.2 Å². The molecule has 0 bridgehead atoms. The first kappa shape index (κ1) is 20.1. The van der Waals surface area contributed by atoms with E-state index in [0.717, 1.165) is 5.56 Å². The van der Waals surface area contributed by atoms with Crippen molar-refractivity contribution in [3.63, 3.8) is 0 Å². The van der Waals surface area contributed by atoms with Crippen molar-refractivity contribution < 1.29 is 13.9 Å². The highest BCUT2D eigenvalue weighted by Crippen LogP contribution is 2.28. The maximum absolute atomic E-state index is 13.2. The van der Waals surface area contributed by atoms with E-state index in [4.69, 9.17) is 16.3 Å². The van der Waals surface area contributed by atoms with Crippen molar-refractivity contribution in [3.05, 3.63) is 65.4 Å². The Kier molecular flexibility index (Phi) is 5.82. The zero-order chi connectivity index (χ0) is 21.1. The van der Waals surface area contributed by atoms with Gasteiger partial charge in [0.25, 0.3) is 0 Å². The van der Waals surface area contributed by atoms with Gasteiger partial charge in [-0.2, -0.15) is 9.61 Å². The van der Waals surface area contributed by atoms with Crippen molar-refractivity contribution in [2.24, 2.45) is 0 Å². The van der Waals surface area contributed by atoms with Gasteiger partial charge >= 0.3 is 0 Å². The molecular formula is C20H15ClFN5O2S. The van der Waals surface area contributed by atoms with Crippen LogP contribution in [0.5, 0.6) is 5.75 Å². The number of halogens is 2. The third-order valence-electron chi connectivity index (χ3n) is 4.14. The predicted octanol–water partition coefficient (Wildman–Crippen LogP) is 4.32. The molecule has 10 heteroatoms. The molecule has 0 spiro atoms. The van der Waals surface area contributed by atoms with Crippen LogP contribution >= 0.6 is 23.4 Å². The summed E-state index contributed by atoms with van der Waals surface area (Å²) < 4.78 is 20.0. The molecule has 152 valence electrons. The first-order valence-corrected chi connectivity index (χ1v) is 10.1. The molecule has 30 heavy (non-hydrogen) atoms. The number of anilines is 1. The van der Waals surface area contributed by atoms with Crippen LogP contribution in [0, 0.1) is 5.82 Å². The molecule has 4 rings (SSSR count). The van der Waals surface area contributed by atoms with Crippen LogP contribution in [0.4, 0.5) is 10.1 Å². The normalized spacial score (nSPS) is 10.9. The highest BCUT2D eigenvalue weighted by Gasteiger charge is 2.13. The topological polar surface area (TPSA) is 81.4 Å². The molecule has 0 fully saturated rings. The molecule has 4 aromatic rings. The Bertz CT molecular complexity index is 1220. The fourth-order valence-corrected chi connectivity index (χ4v) is 3.59. The molecule has 1 amide bonds. The number of amides is 1. The zero-order valence-corrected chi connectivity index (χ0v) is 17.2. The van der Waals surface area contributed by atoms with E-state index in [9.17, 15) is 9.18 Å². The second-order valence-electron chi connectivity index (χ2n) is 6.16. The SMILES string of the molecule is COc1ccc(Cl)cc1NC(=O)CSc1nnc2ccc(-c3ccc(F)cc3)nn12. The number of aromatic nitrogens is 4. The Labute approximate surface area is 180 Å². The summed E-state index contributed by atoms with van der Waals surface area (Å²) in [7, 11) is 1.51. The van der Waals surface area contributed by atoms with Crippen molar-refractivity contribution in [2.75, 3.05) is 18.2 Å². The van der Waals surface area contributed by atoms with Crippen LogP contribution in [0.15, 0.2) is 59.8 Å². The van der Waals surface area contributed by atoms with Crippen LogP contribution in [0.3, 0.4) is 0 Å². The monoisotopic (exact) mass is 443 g/mol. The number of rotatable bonds is 6. The lowest BCUT2D eigenvalue weighted by atomic mass is 10.1. The van der Waals surface area contributed by atoms with Crippen molar-refractivity contribution in [1.29, 1.82) is 0 Å². The lowest BCUT2D eigenvalue weighted by Gasteiger charge is -2.10. The average Bonchev–Trinajstić information content (AvgIpc) is 3.15. The first-order chi connectivity index (χ1) is 14.5. The van der Waals surface area contributed by atoms with E-state index in [1.807, 2.05) is 0 Å². The Balaban J connectivity index is 1.50. The minimum absolute atomic E-state index is 0.0823. The molecule has 0 aliphatic heterocycles. The number of ether oxygens (including phenoxy) is 1. The Hall–Kier alpha value is -3.17. The molecule has 2 aromatic carbocycles. The van der Waals surface area contributed by atoms with Crippen LogP contribution in [0.25, 0.3) is 16.9 Å². The maximum atomic E-state index is 13.2. The maximum Gasteiger partial charge on any atom is 0.234 e. The molecule has 0 atom stereocenters. The molecular weight excluding hydrogens is 429 g/mol. The van der Waals surface area contributed by atoms with E-state index >= 15 is 0 Å². The van der Waals surface area contributed by atoms with Crippen LogP contribution in [0.1, 0.15) is 0 Å². The van der Waals surface area contributed by atoms with Crippen molar-refractivity contribution >= 4 is 40.6 Å². The molecule has 2 aromatic heterocycles. The van der Waals surface area contributed by atoms with Crippen molar-refractivity contribution in [3.8, 4) is 17.0 Å². The number of fused-ring (bicyclic) bond motifs is 1. The summed E-state index contributed by atoms with van der Waals surface area (Å²) in [5.41, 5.74) is 2.42. The van der Waals surface area contributed by atoms with Gasteiger partial charge in [0.2, 0.25) is 11.1 Å². The standard InChI is InChI=1S/C20H15ClFN5O2S/c1-29-17-8-4-13(21)10-16(17)23-19(28)11-30-20-25-24-18-9-7-15(26-27(18)20)12-2-5-14(22)6-3-12/h2-10H,11H2,1H3,(H,23,28). The van der Waals surface area contributed by atoms with E-state index in [1.54, 1.807) is 47.0 Å². The van der Waals surface area contributed by atoms with Gasteiger partial charge < -0.3 is 10.1 Å². The third-order valence-corrected chi connectivity index (χ3v) is 5.30. The van der Waals surface area contributed by atoms with Gasteiger partial charge in [0.05, 0.1) is 24.2 Å². The molecule has 0 aliphatic carbocycles. The van der Waals surface area contributed by atoms with Gasteiger partial charge in [0.1, 0.15) is 11.6 Å². The summed E-state index contributed by atoms with van der Waals surface area (Å²) in [6, 6.07) is 14.6. The quantitative estimate of drug-likeness (QED) is 0.447. The second kappa shape index (κ2) is 8.68. The summed E-state index contributed by atoms with van der Waals surface area (Å²) in [6.07, 6.45) is 0. The third kappa shape index (κ3) is 4.37. The Morgan fingerprint density at radius 3 is 2.73 bits per heavy atom. The fraction of sp³-hybridized carbons (Fsp3) is 0.100. The van der Waals surface area contributed by atoms with E-state index < -0.39 is 0 Å². The molecule has 0 saturated carbocycles. The Morgan fingerprint density at radius 1 is 1.17 bits per heavy atom. The number of thioether (sulfide) groups is 1. The van der Waals surface area contributed by atoms with E-state index in [-0.39, 0.29) is 17.5 Å². The number of benzene rings is 2. The minimum Gasteiger partial charge on any atom is -0.495 e. The first-order valence-electron chi connectivity index (χ1n) is 8.78. The summed E-state index contributed by atoms with van der Waals surface area (Å²) in [5.74, 6) is 0.0184. The fourth-order valence-electron chi connectivity index (χ4n) is 2.73. The molecule has 0 aliphatic rings. The van der Waals surface area contributed by atoms with Crippen LogP contribution in [-0.4, -0.2) is 38.6 Å². The lowest BCUT2D eigenvalue weighted by molar-refractivity contribution is -0.113. The average molecular weight is 444 g/mol. The van der Waals surface area contributed by atoms with Crippen LogP contribution in [0.2, 0.25) is 5.02 Å². The zero-order valence-electron chi connectivity index (χ0n) is 15.7. The van der Waals surface area contributed by atoms with Crippen molar-refractivity contribution in [1.82, 2.24) is 19.8 Å². The molecule has 1 N–H and O–H groups in total. The van der Waals surface area contributed by atoms with Crippen LogP contribution < -0.4 is 10.1 Å². The minimum atomic E-state index is -0.317. The number of carbonyl (C=O) groups excluding carboxylic acids is 1. The number of hydrogen-bond donors (Lipinski definition) is 1. The van der Waals surface area contributed by atoms with Crippen LogP contribution in [-0.2, 0) is 4.79 Å². The van der Waals surface area contributed by atoms with Gasteiger partial charge in [0.15, 0.2) is 5.65 Å². The predicted molar refractivity (Wildman–Crippen MR) is 114 cm³/mol. The smallest absolute Gasteiger partial charge is 0.234 e. The van der Waals surface area contributed by atoms with Gasteiger partial charge in [0, 0.05) is 10.6 Å². The molecule has 0 radical (unpaired) electrons. The van der Waals surface area contributed by atoms with Crippen molar-refractivity contribution in [2.45, 2.75) is 5.16 Å². The van der Waals surface area contributed by atoms with Gasteiger partial charge in [-0.25, -0.2) is 4.39 Å². The highest BCUT2D eigenvalue weighted by atomic mass is 35.5. The Morgan fingerprint density at radius 2 is 1.97 bits per heavy atom. The van der Waals surface area contributed by atoms with Gasteiger partial charge in [-0.05, 0) is 54.6 Å². The molecule has 0 unspecified atom stereocenters. The summed E-state index contributed by atoms with van der Waals surface area (Å²) in [6.45, 7) is 0. The second-order valence-corrected chi connectivity index (χ2v) is 7.54. The van der Waals surface area contributed by atoms with Gasteiger partial charge in [-0.1, -0.05) is 23.4 Å². The van der Waals surface area contributed by atoms with E-state index in [2.05, 4.69) is 20.6 Å². The summed E-state index contributed by atoms with van der Waals surface area (Å²) in [4.78, 5) is 12.4. The number of nitrogens with zero attached hydrogens (tertiary/aromatic N) is 4. The molecule has 7 nitrogen and oxygen atoms in total. The number of nitrogens with one attached hydrogen (secondary N) is 1. The summed E-state index contributed by atoms with van der Waals surface area (Å²) in [5, 5.41) is 16.4. The number of hydrogen-bond acceptors (Lipinski definition) is 6. The van der Waals surface area contributed by atoms with E-state index in [0.29, 0.717) is 33.0 Å².